The summed E-state index contributed by atoms with van der Waals surface area (Å²) in [6, 6.07) is 22.7. The summed E-state index contributed by atoms with van der Waals surface area (Å²) in [6.45, 7) is 2.80. The van der Waals surface area contributed by atoms with Crippen LogP contribution in [0.25, 0.3) is 10.8 Å². The van der Waals surface area contributed by atoms with Crippen molar-refractivity contribution >= 4 is 16.7 Å². The fraction of sp³-hybridized carbons (Fsp3) is 0.160. The van der Waals surface area contributed by atoms with Gasteiger partial charge in [0.2, 0.25) is 0 Å². The zero-order valence-electron chi connectivity index (χ0n) is 17.2. The summed E-state index contributed by atoms with van der Waals surface area (Å²) in [7, 11) is 0. The second-order valence-corrected chi connectivity index (χ2v) is 7.29. The molecule has 0 N–H and O–H groups in total. The zero-order valence-corrected chi connectivity index (χ0v) is 17.2. The number of carbonyl (C=O) groups is 1. The Balaban J connectivity index is 1.77. The van der Waals surface area contributed by atoms with E-state index in [1.54, 1.807) is 41.3 Å². The van der Waals surface area contributed by atoms with Gasteiger partial charge in [-0.25, -0.2) is 9.07 Å². The molecule has 0 bridgehead atoms. The highest BCUT2D eigenvalue weighted by molar-refractivity contribution is 6.04. The van der Waals surface area contributed by atoms with Crippen LogP contribution in [-0.4, -0.2) is 27.1 Å². The van der Waals surface area contributed by atoms with Gasteiger partial charge in [0.15, 0.2) is 5.69 Å². The Labute approximate surface area is 179 Å². The quantitative estimate of drug-likeness (QED) is 0.473. The lowest BCUT2D eigenvalue weighted by atomic mass is 10.1. The molecule has 0 atom stereocenters. The molecule has 0 aliphatic carbocycles. The topological polar surface area (TPSA) is 55.2 Å². The lowest BCUT2D eigenvalue weighted by Gasteiger charge is -2.22. The first kappa shape index (κ1) is 20.5. The third-order valence-electron chi connectivity index (χ3n) is 5.18. The molecular formula is C25H22FN3O2. The van der Waals surface area contributed by atoms with Crippen molar-refractivity contribution in [1.29, 1.82) is 0 Å². The number of nitrogens with zero attached hydrogens (tertiary/aromatic N) is 3. The molecule has 1 amide bonds. The lowest BCUT2D eigenvalue weighted by molar-refractivity contribution is 0.0746. The lowest BCUT2D eigenvalue weighted by Crippen LogP contribution is -2.34. The van der Waals surface area contributed by atoms with E-state index in [1.165, 1.54) is 16.8 Å². The standard InChI is InChI=1S/C25H22FN3O2/c1-2-28(16-19-11-8-12-20(26)15-19)25(31)23-21-13-6-7-14-22(21)24(30)29(27-23)17-18-9-4-3-5-10-18/h3-15H,2,16-17H2,1H3. The minimum absolute atomic E-state index is 0.212. The molecule has 0 fully saturated rings. The number of amides is 1. The van der Waals surface area contributed by atoms with Gasteiger partial charge in [0.25, 0.3) is 11.5 Å². The van der Waals surface area contributed by atoms with Crippen molar-refractivity contribution < 1.29 is 9.18 Å². The van der Waals surface area contributed by atoms with Gasteiger partial charge in [-0.1, -0.05) is 60.7 Å². The van der Waals surface area contributed by atoms with E-state index in [4.69, 9.17) is 0 Å². The van der Waals surface area contributed by atoms with E-state index in [0.717, 1.165) is 5.56 Å². The molecule has 0 radical (unpaired) electrons. The van der Waals surface area contributed by atoms with E-state index in [1.807, 2.05) is 37.3 Å². The Kier molecular flexibility index (Phi) is 5.89. The molecule has 3 aromatic carbocycles. The van der Waals surface area contributed by atoms with Crippen molar-refractivity contribution in [2.24, 2.45) is 0 Å². The summed E-state index contributed by atoms with van der Waals surface area (Å²) in [5, 5.41) is 5.42. The van der Waals surface area contributed by atoms with Crippen LogP contribution in [0.2, 0.25) is 0 Å². The minimum Gasteiger partial charge on any atom is -0.333 e. The number of fused-ring (bicyclic) bond motifs is 1. The fourth-order valence-electron chi connectivity index (χ4n) is 3.59. The van der Waals surface area contributed by atoms with Crippen molar-refractivity contribution in [3.8, 4) is 0 Å². The van der Waals surface area contributed by atoms with E-state index in [9.17, 15) is 14.0 Å². The summed E-state index contributed by atoms with van der Waals surface area (Å²) < 4.78 is 14.9. The van der Waals surface area contributed by atoms with Crippen LogP contribution >= 0.6 is 0 Å². The number of carbonyl (C=O) groups excluding carboxylic acids is 1. The maximum atomic E-state index is 13.6. The first-order valence-corrected chi connectivity index (χ1v) is 10.1. The van der Waals surface area contributed by atoms with Crippen LogP contribution in [-0.2, 0) is 13.1 Å². The molecule has 6 heteroatoms. The number of halogens is 1. The Morgan fingerprint density at radius 2 is 1.61 bits per heavy atom. The Morgan fingerprint density at radius 1 is 0.935 bits per heavy atom. The average molecular weight is 415 g/mol. The predicted molar refractivity (Wildman–Crippen MR) is 118 cm³/mol. The van der Waals surface area contributed by atoms with E-state index < -0.39 is 0 Å². The summed E-state index contributed by atoms with van der Waals surface area (Å²) in [6.07, 6.45) is 0. The SMILES string of the molecule is CCN(Cc1cccc(F)c1)C(=O)c1nn(Cc2ccccc2)c(=O)c2ccccc12. The third kappa shape index (κ3) is 4.38. The molecule has 5 nitrogen and oxygen atoms in total. The molecule has 0 spiro atoms. The highest BCUT2D eigenvalue weighted by Gasteiger charge is 2.21. The van der Waals surface area contributed by atoms with Gasteiger partial charge in [-0.05, 0) is 36.2 Å². The highest BCUT2D eigenvalue weighted by Crippen LogP contribution is 2.17. The van der Waals surface area contributed by atoms with Gasteiger partial charge in [0, 0.05) is 18.5 Å². The smallest absolute Gasteiger partial charge is 0.275 e. The van der Waals surface area contributed by atoms with Crippen LogP contribution in [0.5, 0.6) is 0 Å². The molecule has 0 unspecified atom stereocenters. The monoisotopic (exact) mass is 415 g/mol. The van der Waals surface area contributed by atoms with Gasteiger partial charge >= 0.3 is 0 Å². The first-order chi connectivity index (χ1) is 15.1. The number of rotatable bonds is 6. The van der Waals surface area contributed by atoms with Gasteiger partial charge < -0.3 is 4.90 Å². The zero-order chi connectivity index (χ0) is 21.8. The summed E-state index contributed by atoms with van der Waals surface area (Å²) in [4.78, 5) is 28.1. The summed E-state index contributed by atoms with van der Waals surface area (Å²) >= 11 is 0. The predicted octanol–water partition coefficient (Wildman–Crippen LogP) is 4.25. The van der Waals surface area contributed by atoms with Gasteiger partial charge in [0.05, 0.1) is 11.9 Å². The normalized spacial score (nSPS) is 10.9. The third-order valence-corrected chi connectivity index (χ3v) is 5.18. The first-order valence-electron chi connectivity index (χ1n) is 10.1. The number of hydrogen-bond acceptors (Lipinski definition) is 3. The second-order valence-electron chi connectivity index (χ2n) is 7.29. The molecule has 156 valence electrons. The molecule has 0 saturated carbocycles. The van der Waals surface area contributed by atoms with E-state index in [2.05, 4.69) is 5.10 Å². The fourth-order valence-corrected chi connectivity index (χ4v) is 3.59. The molecule has 0 saturated heterocycles. The molecular weight excluding hydrogens is 393 g/mol. The van der Waals surface area contributed by atoms with Crippen molar-refractivity contribution in [2.75, 3.05) is 6.54 Å². The maximum Gasteiger partial charge on any atom is 0.275 e. The molecule has 31 heavy (non-hydrogen) atoms. The molecule has 0 aliphatic heterocycles. The molecule has 0 aliphatic rings. The Morgan fingerprint density at radius 3 is 2.32 bits per heavy atom. The second kappa shape index (κ2) is 8.92. The van der Waals surface area contributed by atoms with Crippen LogP contribution in [0.3, 0.4) is 0 Å². The van der Waals surface area contributed by atoms with Gasteiger partial charge in [0.1, 0.15) is 5.82 Å². The van der Waals surface area contributed by atoms with E-state index in [-0.39, 0.29) is 36.1 Å². The number of hydrogen-bond donors (Lipinski definition) is 0. The van der Waals surface area contributed by atoms with Crippen LogP contribution in [0.15, 0.2) is 83.7 Å². The van der Waals surface area contributed by atoms with Gasteiger partial charge in [-0.2, -0.15) is 5.10 Å². The molecule has 4 aromatic rings. The molecule has 1 heterocycles. The van der Waals surface area contributed by atoms with E-state index in [0.29, 0.717) is 22.9 Å². The summed E-state index contributed by atoms with van der Waals surface area (Å²) in [5.41, 5.74) is 1.57. The minimum atomic E-state index is -0.346. The van der Waals surface area contributed by atoms with Gasteiger partial charge in [-0.3, -0.25) is 9.59 Å². The van der Waals surface area contributed by atoms with Gasteiger partial charge in [-0.15, -0.1) is 0 Å². The largest absolute Gasteiger partial charge is 0.333 e. The average Bonchev–Trinajstić information content (AvgIpc) is 2.80. The number of aromatic nitrogens is 2. The molecule has 4 rings (SSSR count). The van der Waals surface area contributed by atoms with Crippen LogP contribution in [0.1, 0.15) is 28.5 Å². The van der Waals surface area contributed by atoms with Crippen LogP contribution in [0.4, 0.5) is 4.39 Å². The Bertz CT molecular complexity index is 1280. The maximum absolute atomic E-state index is 13.6. The van der Waals surface area contributed by atoms with Crippen LogP contribution in [0, 0.1) is 5.82 Å². The van der Waals surface area contributed by atoms with E-state index >= 15 is 0 Å². The summed E-state index contributed by atoms with van der Waals surface area (Å²) in [5.74, 6) is -0.647. The highest BCUT2D eigenvalue weighted by atomic mass is 19.1. The number of benzene rings is 3. The van der Waals surface area contributed by atoms with Crippen molar-refractivity contribution in [3.63, 3.8) is 0 Å². The Hall–Kier alpha value is -3.80. The molecule has 1 aromatic heterocycles. The van der Waals surface area contributed by atoms with Crippen molar-refractivity contribution in [3.05, 3.63) is 112 Å². The van der Waals surface area contributed by atoms with Crippen LogP contribution < -0.4 is 5.56 Å². The van der Waals surface area contributed by atoms with Crippen molar-refractivity contribution in [1.82, 2.24) is 14.7 Å². The van der Waals surface area contributed by atoms with Crippen molar-refractivity contribution in [2.45, 2.75) is 20.0 Å².